The van der Waals surface area contributed by atoms with Crippen LogP contribution < -0.4 is 9.62 Å². The number of sulfonamides is 1. The fourth-order valence-corrected chi connectivity index (χ4v) is 6.19. The molecule has 3 aromatic rings. The topological polar surface area (TPSA) is 86.8 Å². The molecule has 1 aliphatic rings. The lowest BCUT2D eigenvalue weighted by molar-refractivity contribution is -0.114. The highest BCUT2D eigenvalue weighted by Crippen LogP contribution is 2.27. The van der Waals surface area contributed by atoms with Gasteiger partial charge in [-0.3, -0.25) is 13.9 Å². The van der Waals surface area contributed by atoms with Gasteiger partial charge in [0.15, 0.2) is 0 Å². The number of hydrogen-bond donors (Lipinski definition) is 1. The first-order valence-electron chi connectivity index (χ1n) is 12.4. The van der Waals surface area contributed by atoms with E-state index in [1.165, 1.54) is 42.1 Å². The van der Waals surface area contributed by atoms with Crippen LogP contribution in [-0.2, 0) is 14.8 Å². The molecular weight excluding hydrogens is 525 g/mol. The smallest absolute Gasteiger partial charge is 0.264 e. The van der Waals surface area contributed by atoms with E-state index in [4.69, 9.17) is 0 Å². The summed E-state index contributed by atoms with van der Waals surface area (Å²) in [7, 11) is -4.21. The van der Waals surface area contributed by atoms with Crippen LogP contribution in [0.2, 0.25) is 0 Å². The normalized spacial score (nSPS) is 14.0. The standard InChI is InChI=1S/C28H30FN3O4S2/c1-37-23-13-15-24(16-14-23)38(35,36)32(22-10-8-9-21(29)19-22)20-27(33)30-26-12-5-4-11-25(26)28(34)31-17-6-2-3-7-18-31/h4-5,8-16,19H,2-3,6-7,17-18,20H2,1H3,(H,30,33). The molecule has 0 unspecified atom stereocenters. The molecule has 4 rings (SSSR count). The Morgan fingerprint density at radius 2 is 1.63 bits per heavy atom. The molecule has 38 heavy (non-hydrogen) atoms. The number of rotatable bonds is 8. The van der Waals surface area contributed by atoms with Gasteiger partial charge in [-0.25, -0.2) is 12.8 Å². The van der Waals surface area contributed by atoms with Crippen molar-refractivity contribution in [3.63, 3.8) is 0 Å². The maximum atomic E-state index is 14.1. The molecule has 0 spiro atoms. The van der Waals surface area contributed by atoms with Gasteiger partial charge in [0.2, 0.25) is 5.91 Å². The number of hydrogen-bond acceptors (Lipinski definition) is 5. The van der Waals surface area contributed by atoms with Crippen LogP contribution in [0, 0.1) is 5.82 Å². The molecule has 0 aliphatic carbocycles. The van der Waals surface area contributed by atoms with Crippen molar-refractivity contribution in [2.45, 2.75) is 35.5 Å². The van der Waals surface area contributed by atoms with Crippen molar-refractivity contribution in [3.8, 4) is 0 Å². The van der Waals surface area contributed by atoms with Gasteiger partial charge in [-0.05, 0) is 73.7 Å². The van der Waals surface area contributed by atoms with Crippen LogP contribution in [-0.4, -0.2) is 51.0 Å². The second kappa shape index (κ2) is 12.4. The van der Waals surface area contributed by atoms with Crippen molar-refractivity contribution in [1.82, 2.24) is 4.90 Å². The Balaban J connectivity index is 1.61. The van der Waals surface area contributed by atoms with E-state index < -0.39 is 28.3 Å². The van der Waals surface area contributed by atoms with Gasteiger partial charge in [0.1, 0.15) is 12.4 Å². The van der Waals surface area contributed by atoms with E-state index in [9.17, 15) is 22.4 Å². The number of anilines is 2. The zero-order valence-electron chi connectivity index (χ0n) is 21.1. The number of nitrogens with one attached hydrogen (secondary N) is 1. The minimum atomic E-state index is -4.21. The van der Waals surface area contributed by atoms with Crippen LogP contribution in [0.4, 0.5) is 15.8 Å². The van der Waals surface area contributed by atoms with Gasteiger partial charge in [0.05, 0.1) is 21.8 Å². The summed E-state index contributed by atoms with van der Waals surface area (Å²) in [5.41, 5.74) is 0.659. The molecule has 1 saturated heterocycles. The number of benzene rings is 3. The molecule has 0 aromatic heterocycles. The fraction of sp³-hybridized carbons (Fsp3) is 0.286. The fourth-order valence-electron chi connectivity index (χ4n) is 4.36. The largest absolute Gasteiger partial charge is 0.339 e. The monoisotopic (exact) mass is 555 g/mol. The van der Waals surface area contributed by atoms with Crippen molar-refractivity contribution >= 4 is 45.0 Å². The molecule has 200 valence electrons. The summed E-state index contributed by atoms with van der Waals surface area (Å²) in [4.78, 5) is 29.1. The summed E-state index contributed by atoms with van der Waals surface area (Å²) in [5, 5.41) is 2.71. The predicted octanol–water partition coefficient (Wildman–Crippen LogP) is 5.40. The first-order valence-corrected chi connectivity index (χ1v) is 15.1. The molecule has 3 aromatic carbocycles. The maximum absolute atomic E-state index is 14.1. The van der Waals surface area contributed by atoms with Gasteiger partial charge in [0.25, 0.3) is 15.9 Å². The van der Waals surface area contributed by atoms with Crippen LogP contribution in [0.1, 0.15) is 36.0 Å². The van der Waals surface area contributed by atoms with E-state index in [0.29, 0.717) is 24.3 Å². The summed E-state index contributed by atoms with van der Waals surface area (Å²) >= 11 is 1.47. The summed E-state index contributed by atoms with van der Waals surface area (Å²) in [5.74, 6) is -1.46. The Morgan fingerprint density at radius 3 is 2.29 bits per heavy atom. The summed E-state index contributed by atoms with van der Waals surface area (Å²) in [6, 6.07) is 18.0. The number of likely N-dealkylation sites (tertiary alicyclic amines) is 1. The van der Waals surface area contributed by atoms with E-state index in [1.54, 1.807) is 41.3 Å². The summed E-state index contributed by atoms with van der Waals surface area (Å²) < 4.78 is 42.2. The highest BCUT2D eigenvalue weighted by Gasteiger charge is 2.28. The summed E-state index contributed by atoms with van der Waals surface area (Å²) in [6.07, 6.45) is 5.89. The van der Waals surface area contributed by atoms with Crippen molar-refractivity contribution < 1.29 is 22.4 Å². The average molecular weight is 556 g/mol. The highest BCUT2D eigenvalue weighted by molar-refractivity contribution is 7.98. The van der Waals surface area contributed by atoms with Gasteiger partial charge in [-0.15, -0.1) is 11.8 Å². The Hall–Kier alpha value is -3.37. The van der Waals surface area contributed by atoms with Crippen LogP contribution in [0.3, 0.4) is 0 Å². The van der Waals surface area contributed by atoms with Crippen molar-refractivity contribution in [2.75, 3.05) is 35.5 Å². The molecule has 1 N–H and O–H groups in total. The molecular formula is C28H30FN3O4S2. The second-order valence-electron chi connectivity index (χ2n) is 8.97. The SMILES string of the molecule is CSc1ccc(S(=O)(=O)N(CC(=O)Nc2ccccc2C(=O)N2CCCCCC2)c2cccc(F)c2)cc1. The highest BCUT2D eigenvalue weighted by atomic mass is 32.2. The second-order valence-corrected chi connectivity index (χ2v) is 11.7. The van der Waals surface area contributed by atoms with Crippen LogP contribution >= 0.6 is 11.8 Å². The van der Waals surface area contributed by atoms with Gasteiger partial charge in [0, 0.05) is 18.0 Å². The molecule has 0 bridgehead atoms. The van der Waals surface area contributed by atoms with E-state index >= 15 is 0 Å². The van der Waals surface area contributed by atoms with Crippen molar-refractivity contribution in [2.24, 2.45) is 0 Å². The number of thioether (sulfide) groups is 1. The number of para-hydroxylation sites is 1. The molecule has 2 amide bonds. The molecule has 0 atom stereocenters. The number of nitrogens with zero attached hydrogens (tertiary/aromatic N) is 2. The number of carbonyl (C=O) groups excluding carboxylic acids is 2. The number of halogens is 1. The minimum absolute atomic E-state index is 0.0167. The first kappa shape index (κ1) is 27.7. The lowest BCUT2D eigenvalue weighted by Crippen LogP contribution is -2.38. The Morgan fingerprint density at radius 1 is 0.947 bits per heavy atom. The minimum Gasteiger partial charge on any atom is -0.339 e. The third-order valence-corrected chi connectivity index (χ3v) is 8.89. The van der Waals surface area contributed by atoms with E-state index in [-0.39, 0.29) is 16.5 Å². The van der Waals surface area contributed by atoms with Crippen LogP contribution in [0.15, 0.2) is 82.6 Å². The van der Waals surface area contributed by atoms with Gasteiger partial charge >= 0.3 is 0 Å². The predicted molar refractivity (Wildman–Crippen MR) is 149 cm³/mol. The van der Waals surface area contributed by atoms with E-state index in [2.05, 4.69) is 5.32 Å². The molecule has 7 nitrogen and oxygen atoms in total. The van der Waals surface area contributed by atoms with Crippen LogP contribution in [0.5, 0.6) is 0 Å². The first-order chi connectivity index (χ1) is 18.3. The van der Waals surface area contributed by atoms with Gasteiger partial charge in [-0.2, -0.15) is 0 Å². The molecule has 1 heterocycles. The maximum Gasteiger partial charge on any atom is 0.264 e. The Labute approximate surface area is 227 Å². The van der Waals surface area contributed by atoms with Crippen LogP contribution in [0.25, 0.3) is 0 Å². The quantitative estimate of drug-likeness (QED) is 0.376. The molecule has 0 radical (unpaired) electrons. The zero-order valence-corrected chi connectivity index (χ0v) is 22.7. The average Bonchev–Trinajstić information content (AvgIpc) is 3.21. The van der Waals surface area contributed by atoms with E-state index in [1.807, 2.05) is 6.26 Å². The van der Waals surface area contributed by atoms with Gasteiger partial charge < -0.3 is 10.2 Å². The molecule has 10 heteroatoms. The lowest BCUT2D eigenvalue weighted by atomic mass is 10.1. The van der Waals surface area contributed by atoms with E-state index in [0.717, 1.165) is 41.0 Å². The molecule has 1 aliphatic heterocycles. The third-order valence-electron chi connectivity index (χ3n) is 6.36. The molecule has 0 saturated carbocycles. The lowest BCUT2D eigenvalue weighted by Gasteiger charge is -2.25. The Kier molecular flexibility index (Phi) is 9.06. The molecule has 1 fully saturated rings. The number of amides is 2. The third kappa shape index (κ3) is 6.54. The number of carbonyl (C=O) groups is 2. The van der Waals surface area contributed by atoms with Gasteiger partial charge in [-0.1, -0.05) is 31.0 Å². The Bertz CT molecular complexity index is 1390. The zero-order chi connectivity index (χ0) is 27.1. The summed E-state index contributed by atoms with van der Waals surface area (Å²) in [6.45, 7) is 0.701. The van der Waals surface area contributed by atoms with Crippen molar-refractivity contribution in [1.29, 1.82) is 0 Å². The van der Waals surface area contributed by atoms with Crippen molar-refractivity contribution in [3.05, 3.63) is 84.2 Å².